The smallest absolute Gasteiger partial charge is 0.0998 e. The fraction of sp³-hybridized carbons (Fsp3) is 0. The molecule has 13 heavy (non-hydrogen) atoms. The van der Waals surface area contributed by atoms with E-state index in [9.17, 15) is 0 Å². The Morgan fingerprint density at radius 1 is 1.08 bits per heavy atom. The Morgan fingerprint density at radius 3 is 2.62 bits per heavy atom. The van der Waals surface area contributed by atoms with Gasteiger partial charge in [0.1, 0.15) is 0 Å². The maximum absolute atomic E-state index is 8.87. The summed E-state index contributed by atoms with van der Waals surface area (Å²) in [5, 5.41) is 10.9. The third-order valence-corrected chi connectivity index (χ3v) is 2.74. The summed E-state index contributed by atoms with van der Waals surface area (Å²) < 4.78 is 0. The molecule has 1 aromatic carbocycles. The first kappa shape index (κ1) is 8.03. The van der Waals surface area contributed by atoms with Crippen LogP contribution < -0.4 is 0 Å². The van der Waals surface area contributed by atoms with Crippen molar-refractivity contribution in [2.75, 3.05) is 0 Å². The molecule has 0 radical (unpaired) electrons. The number of rotatable bonds is 1. The predicted octanol–water partition coefficient (Wildman–Crippen LogP) is 3.29. The van der Waals surface area contributed by atoms with Gasteiger partial charge in [0.25, 0.3) is 0 Å². The Labute approximate surface area is 80.9 Å². The number of nitriles is 1. The highest BCUT2D eigenvalue weighted by atomic mass is 32.1. The van der Waals surface area contributed by atoms with Crippen LogP contribution in [0.15, 0.2) is 41.8 Å². The van der Waals surface area contributed by atoms with Crippen LogP contribution in [-0.2, 0) is 0 Å². The van der Waals surface area contributed by atoms with Crippen LogP contribution in [0.1, 0.15) is 5.56 Å². The molecule has 62 valence electrons. The summed E-state index contributed by atoms with van der Waals surface area (Å²) in [6.45, 7) is 0. The molecule has 0 saturated heterocycles. The molecule has 2 aromatic rings. The van der Waals surface area contributed by atoms with E-state index in [4.69, 9.17) is 5.26 Å². The van der Waals surface area contributed by atoms with Crippen molar-refractivity contribution in [2.45, 2.75) is 0 Å². The maximum Gasteiger partial charge on any atom is 0.0998 e. The zero-order chi connectivity index (χ0) is 9.10. The molecular weight excluding hydrogens is 178 g/mol. The Morgan fingerprint density at radius 2 is 1.92 bits per heavy atom. The van der Waals surface area contributed by atoms with Crippen molar-refractivity contribution in [2.24, 2.45) is 0 Å². The van der Waals surface area contributed by atoms with Gasteiger partial charge in [0, 0.05) is 10.4 Å². The van der Waals surface area contributed by atoms with Gasteiger partial charge >= 0.3 is 0 Å². The zero-order valence-corrected chi connectivity index (χ0v) is 7.71. The molecule has 0 amide bonds. The lowest BCUT2D eigenvalue weighted by Crippen LogP contribution is -1.78. The summed E-state index contributed by atoms with van der Waals surface area (Å²) in [5.41, 5.74) is 1.77. The normalized spacial score (nSPS) is 9.46. The van der Waals surface area contributed by atoms with Crippen LogP contribution in [0.25, 0.3) is 10.4 Å². The van der Waals surface area contributed by atoms with E-state index in [0.717, 1.165) is 16.0 Å². The quantitative estimate of drug-likeness (QED) is 0.668. The minimum absolute atomic E-state index is 0.741. The van der Waals surface area contributed by atoms with Gasteiger partial charge < -0.3 is 0 Å². The SMILES string of the molecule is N#Cc1ccccc1-c1cccs1. The summed E-state index contributed by atoms with van der Waals surface area (Å²) in [4.78, 5) is 1.15. The number of hydrogen-bond acceptors (Lipinski definition) is 2. The van der Waals surface area contributed by atoms with E-state index < -0.39 is 0 Å². The highest BCUT2D eigenvalue weighted by Crippen LogP contribution is 2.27. The number of nitrogens with zero attached hydrogens (tertiary/aromatic N) is 1. The number of thiophene rings is 1. The predicted molar refractivity (Wildman–Crippen MR) is 54.5 cm³/mol. The van der Waals surface area contributed by atoms with Crippen LogP contribution >= 0.6 is 11.3 Å². The molecule has 0 saturated carbocycles. The van der Waals surface area contributed by atoms with Crippen LogP contribution in [0.4, 0.5) is 0 Å². The average molecular weight is 185 g/mol. The van der Waals surface area contributed by atoms with Crippen molar-refractivity contribution in [3.8, 4) is 16.5 Å². The average Bonchev–Trinajstić information content (AvgIpc) is 2.70. The van der Waals surface area contributed by atoms with Gasteiger partial charge in [0.2, 0.25) is 0 Å². The fourth-order valence-corrected chi connectivity index (χ4v) is 1.99. The Balaban J connectivity index is 2.59. The largest absolute Gasteiger partial charge is 0.192 e. The van der Waals surface area contributed by atoms with Gasteiger partial charge in [0.15, 0.2) is 0 Å². The van der Waals surface area contributed by atoms with Crippen molar-refractivity contribution in [3.63, 3.8) is 0 Å². The van der Waals surface area contributed by atoms with Crippen LogP contribution in [0.2, 0.25) is 0 Å². The van der Waals surface area contributed by atoms with Gasteiger partial charge in [-0.25, -0.2) is 0 Å². The zero-order valence-electron chi connectivity index (χ0n) is 6.90. The lowest BCUT2D eigenvalue weighted by atomic mass is 10.1. The monoisotopic (exact) mass is 185 g/mol. The Hall–Kier alpha value is -1.59. The highest BCUT2D eigenvalue weighted by molar-refractivity contribution is 7.13. The van der Waals surface area contributed by atoms with Gasteiger partial charge in [-0.3, -0.25) is 0 Å². The lowest BCUT2D eigenvalue weighted by Gasteiger charge is -1.98. The van der Waals surface area contributed by atoms with E-state index in [2.05, 4.69) is 6.07 Å². The van der Waals surface area contributed by atoms with E-state index >= 15 is 0 Å². The molecule has 0 aliphatic carbocycles. The third-order valence-electron chi connectivity index (χ3n) is 1.83. The third kappa shape index (κ3) is 1.47. The molecule has 0 fully saturated rings. The van der Waals surface area contributed by atoms with E-state index in [-0.39, 0.29) is 0 Å². The van der Waals surface area contributed by atoms with Crippen LogP contribution in [0.3, 0.4) is 0 Å². The van der Waals surface area contributed by atoms with Gasteiger partial charge in [-0.2, -0.15) is 5.26 Å². The Kier molecular flexibility index (Phi) is 2.11. The van der Waals surface area contributed by atoms with E-state index in [0.29, 0.717) is 0 Å². The molecule has 0 bridgehead atoms. The summed E-state index contributed by atoms with van der Waals surface area (Å²) in [6, 6.07) is 13.9. The minimum Gasteiger partial charge on any atom is -0.192 e. The number of hydrogen-bond donors (Lipinski definition) is 0. The topological polar surface area (TPSA) is 23.8 Å². The molecule has 1 nitrogen and oxygen atoms in total. The van der Waals surface area contributed by atoms with Gasteiger partial charge in [-0.05, 0) is 17.5 Å². The summed E-state index contributed by atoms with van der Waals surface area (Å²) in [6.07, 6.45) is 0. The molecule has 0 N–H and O–H groups in total. The molecule has 0 atom stereocenters. The second-order valence-electron chi connectivity index (χ2n) is 2.63. The summed E-state index contributed by atoms with van der Waals surface area (Å²) in [5.74, 6) is 0. The maximum atomic E-state index is 8.87. The van der Waals surface area contributed by atoms with E-state index in [1.54, 1.807) is 11.3 Å². The minimum atomic E-state index is 0.741. The van der Waals surface area contributed by atoms with E-state index in [1.165, 1.54) is 0 Å². The molecule has 0 aliphatic heterocycles. The summed E-state index contributed by atoms with van der Waals surface area (Å²) >= 11 is 1.65. The molecule has 1 aromatic heterocycles. The molecule has 0 aliphatic rings. The number of benzene rings is 1. The van der Waals surface area contributed by atoms with E-state index in [1.807, 2.05) is 41.8 Å². The highest BCUT2D eigenvalue weighted by Gasteiger charge is 2.03. The summed E-state index contributed by atoms with van der Waals surface area (Å²) in [7, 11) is 0. The van der Waals surface area contributed by atoms with Crippen molar-refractivity contribution < 1.29 is 0 Å². The second-order valence-corrected chi connectivity index (χ2v) is 3.58. The van der Waals surface area contributed by atoms with Gasteiger partial charge in [0.05, 0.1) is 11.6 Å². The van der Waals surface area contributed by atoms with Crippen molar-refractivity contribution in [1.29, 1.82) is 5.26 Å². The first-order valence-electron chi connectivity index (χ1n) is 3.95. The molecule has 2 rings (SSSR count). The first-order chi connectivity index (χ1) is 6.42. The van der Waals surface area contributed by atoms with Crippen LogP contribution in [0, 0.1) is 11.3 Å². The lowest BCUT2D eigenvalue weighted by molar-refractivity contribution is 1.49. The Bertz CT molecular complexity index is 437. The first-order valence-corrected chi connectivity index (χ1v) is 4.83. The van der Waals surface area contributed by atoms with Crippen molar-refractivity contribution >= 4 is 11.3 Å². The van der Waals surface area contributed by atoms with Crippen LogP contribution in [-0.4, -0.2) is 0 Å². The van der Waals surface area contributed by atoms with Gasteiger partial charge in [-0.15, -0.1) is 11.3 Å². The molecule has 1 heterocycles. The molecular formula is C11H7NS. The molecule has 2 heteroatoms. The fourth-order valence-electron chi connectivity index (χ4n) is 1.23. The van der Waals surface area contributed by atoms with Crippen LogP contribution in [0.5, 0.6) is 0 Å². The molecule has 0 unspecified atom stereocenters. The van der Waals surface area contributed by atoms with Crippen molar-refractivity contribution in [1.82, 2.24) is 0 Å². The van der Waals surface area contributed by atoms with Crippen molar-refractivity contribution in [3.05, 3.63) is 47.3 Å². The second kappa shape index (κ2) is 3.42. The molecule has 0 spiro atoms. The van der Waals surface area contributed by atoms with Gasteiger partial charge in [-0.1, -0.05) is 24.3 Å². The standard InChI is InChI=1S/C11H7NS/c12-8-9-4-1-2-5-10(9)11-6-3-7-13-11/h1-7H.